The molecule has 8 rings (SSSR count). The van der Waals surface area contributed by atoms with E-state index in [1.807, 2.05) is 78.9 Å². The molecule has 4 nitrogen and oxygen atoms in total. The molecule has 0 bridgehead atoms. The zero-order chi connectivity index (χ0) is 33.2. The molecule has 0 aliphatic heterocycles. The Hall–Kier alpha value is -6.65. The number of fused-ring (bicyclic) bond motifs is 2. The van der Waals surface area contributed by atoms with Crippen molar-refractivity contribution in [3.05, 3.63) is 187 Å². The lowest BCUT2D eigenvalue weighted by Gasteiger charge is -2.15. The summed E-state index contributed by atoms with van der Waals surface area (Å²) >= 11 is 0. The molecule has 0 aliphatic rings. The summed E-state index contributed by atoms with van der Waals surface area (Å²) in [6, 6.07) is 55.4. The van der Waals surface area contributed by atoms with Gasteiger partial charge in [-0.25, -0.2) is 4.98 Å². The molecule has 2 N–H and O–H groups in total. The number of oxazole rings is 1. The van der Waals surface area contributed by atoms with E-state index in [4.69, 9.17) is 20.2 Å². The molecule has 232 valence electrons. The van der Waals surface area contributed by atoms with Crippen molar-refractivity contribution in [3.8, 4) is 44.8 Å². The first-order chi connectivity index (χ1) is 24.1. The number of nitrogens with one attached hydrogen (secondary N) is 2. The van der Waals surface area contributed by atoms with Gasteiger partial charge in [0.25, 0.3) is 0 Å². The van der Waals surface area contributed by atoms with Crippen molar-refractivity contribution in [1.82, 2.24) is 4.98 Å². The number of allylic oxidation sites excluding steroid dienone is 2. The van der Waals surface area contributed by atoms with E-state index >= 15 is 0 Å². The number of rotatable bonds is 8. The number of hydrogen-bond acceptors (Lipinski definition) is 4. The Balaban J connectivity index is 1.14. The van der Waals surface area contributed by atoms with Gasteiger partial charge in [0, 0.05) is 5.56 Å². The third kappa shape index (κ3) is 5.99. The van der Waals surface area contributed by atoms with Gasteiger partial charge in [-0.1, -0.05) is 133 Å². The lowest BCUT2D eigenvalue weighted by atomic mass is 9.88. The monoisotopic (exact) mass is 629 g/mol. The van der Waals surface area contributed by atoms with Crippen LogP contribution in [0.3, 0.4) is 0 Å². The fourth-order valence-electron chi connectivity index (χ4n) is 6.29. The fourth-order valence-corrected chi connectivity index (χ4v) is 6.29. The first-order valence-electron chi connectivity index (χ1n) is 16.2. The summed E-state index contributed by atoms with van der Waals surface area (Å²) < 4.78 is 6.19. The standard InChI is InChI=1S/C45H31N3O/c46-40(31-11-3-1-4-12-31)25-26-41(47)32-18-20-33(21-19-32)44-38-17-8-7-10-30(38)22-24-39(44)37-16-9-15-35(28-37)36-23-27-42-43(29-36)49-45(48-42)34-13-5-2-6-14-34/h1-29,46-47H/b26-25-,46-40?,47-41?. The fraction of sp³-hybridized carbons (Fsp3) is 0. The average Bonchev–Trinajstić information content (AvgIpc) is 3.61. The largest absolute Gasteiger partial charge is 0.436 e. The van der Waals surface area contributed by atoms with Crippen LogP contribution in [-0.4, -0.2) is 16.4 Å². The SMILES string of the molecule is N=C(/C=C\C(=N)c1ccc(-c2c(-c3cccc(-c4ccc5nc(-c6ccccc6)oc5c4)c3)ccc3ccccc23)cc1)c1ccccc1. The molecule has 0 fully saturated rings. The zero-order valence-corrected chi connectivity index (χ0v) is 26.6. The highest BCUT2D eigenvalue weighted by molar-refractivity contribution is 6.14. The van der Waals surface area contributed by atoms with Crippen LogP contribution < -0.4 is 0 Å². The van der Waals surface area contributed by atoms with Crippen LogP contribution in [0.1, 0.15) is 11.1 Å². The number of benzene rings is 7. The van der Waals surface area contributed by atoms with Crippen LogP contribution in [0.2, 0.25) is 0 Å². The van der Waals surface area contributed by atoms with Crippen molar-refractivity contribution >= 4 is 33.3 Å². The topological polar surface area (TPSA) is 73.7 Å². The lowest BCUT2D eigenvalue weighted by Crippen LogP contribution is -1.98. The summed E-state index contributed by atoms with van der Waals surface area (Å²) in [5, 5.41) is 19.4. The second-order valence-corrected chi connectivity index (χ2v) is 12.0. The van der Waals surface area contributed by atoms with Gasteiger partial charge in [0.1, 0.15) is 5.52 Å². The maximum absolute atomic E-state index is 8.68. The first kappa shape index (κ1) is 29.7. The summed E-state index contributed by atoms with van der Waals surface area (Å²) in [5.41, 5.74) is 11.5. The normalized spacial score (nSPS) is 11.3. The summed E-state index contributed by atoms with van der Waals surface area (Å²) in [5.74, 6) is 0.617. The molecule has 0 unspecified atom stereocenters. The van der Waals surface area contributed by atoms with Gasteiger partial charge >= 0.3 is 0 Å². The minimum atomic E-state index is 0.359. The average molecular weight is 630 g/mol. The molecule has 1 aromatic heterocycles. The van der Waals surface area contributed by atoms with Gasteiger partial charge in [0.05, 0.1) is 11.4 Å². The highest BCUT2D eigenvalue weighted by Gasteiger charge is 2.14. The van der Waals surface area contributed by atoms with Crippen LogP contribution in [0, 0.1) is 10.8 Å². The number of nitrogens with zero attached hydrogens (tertiary/aromatic N) is 1. The summed E-state index contributed by atoms with van der Waals surface area (Å²) in [4.78, 5) is 4.71. The van der Waals surface area contributed by atoms with Crippen molar-refractivity contribution in [2.24, 2.45) is 0 Å². The van der Waals surface area contributed by atoms with E-state index < -0.39 is 0 Å². The van der Waals surface area contributed by atoms with E-state index in [1.54, 1.807) is 12.2 Å². The second kappa shape index (κ2) is 12.9. The van der Waals surface area contributed by atoms with Gasteiger partial charge in [-0.05, 0) is 97.8 Å². The smallest absolute Gasteiger partial charge is 0.227 e. The van der Waals surface area contributed by atoms with Gasteiger partial charge in [0.15, 0.2) is 5.58 Å². The molecule has 0 saturated heterocycles. The maximum Gasteiger partial charge on any atom is 0.227 e. The highest BCUT2D eigenvalue weighted by Crippen LogP contribution is 2.40. The quantitative estimate of drug-likeness (QED) is 0.164. The van der Waals surface area contributed by atoms with Gasteiger partial charge in [-0.3, -0.25) is 0 Å². The molecule has 0 atom stereocenters. The van der Waals surface area contributed by atoms with E-state index in [0.29, 0.717) is 17.3 Å². The van der Waals surface area contributed by atoms with Crippen molar-refractivity contribution < 1.29 is 4.42 Å². The molecule has 0 aliphatic carbocycles. The third-order valence-electron chi connectivity index (χ3n) is 8.83. The molecular formula is C45H31N3O. The Morgan fingerprint density at radius 2 is 1.10 bits per heavy atom. The molecule has 49 heavy (non-hydrogen) atoms. The summed E-state index contributed by atoms with van der Waals surface area (Å²) in [6.07, 6.45) is 3.38. The second-order valence-electron chi connectivity index (χ2n) is 12.0. The molecular weight excluding hydrogens is 599 g/mol. The predicted octanol–water partition coefficient (Wildman–Crippen LogP) is 11.6. The third-order valence-corrected chi connectivity index (χ3v) is 8.83. The van der Waals surface area contributed by atoms with Crippen molar-refractivity contribution in [1.29, 1.82) is 10.8 Å². The summed E-state index contributed by atoms with van der Waals surface area (Å²) in [7, 11) is 0. The summed E-state index contributed by atoms with van der Waals surface area (Å²) in [6.45, 7) is 0. The van der Waals surface area contributed by atoms with E-state index in [0.717, 1.165) is 61.2 Å². The van der Waals surface area contributed by atoms with Gasteiger partial charge in [0.2, 0.25) is 5.89 Å². The predicted molar refractivity (Wildman–Crippen MR) is 202 cm³/mol. The molecule has 7 aromatic carbocycles. The zero-order valence-electron chi connectivity index (χ0n) is 26.6. The van der Waals surface area contributed by atoms with E-state index in [1.165, 1.54) is 10.8 Å². The minimum Gasteiger partial charge on any atom is -0.436 e. The number of hydrogen-bond donors (Lipinski definition) is 2. The number of aromatic nitrogens is 1. The van der Waals surface area contributed by atoms with E-state index in [2.05, 4.69) is 84.9 Å². The molecule has 0 radical (unpaired) electrons. The molecule has 0 saturated carbocycles. The van der Waals surface area contributed by atoms with Crippen molar-refractivity contribution in [2.75, 3.05) is 0 Å². The van der Waals surface area contributed by atoms with Gasteiger partial charge < -0.3 is 15.2 Å². The van der Waals surface area contributed by atoms with Gasteiger partial charge in [-0.2, -0.15) is 0 Å². The van der Waals surface area contributed by atoms with E-state index in [9.17, 15) is 0 Å². The Kier molecular flexibility index (Phi) is 7.80. The highest BCUT2D eigenvalue weighted by atomic mass is 16.3. The first-order valence-corrected chi connectivity index (χ1v) is 16.2. The van der Waals surface area contributed by atoms with Crippen LogP contribution in [0.4, 0.5) is 0 Å². The van der Waals surface area contributed by atoms with Crippen LogP contribution in [-0.2, 0) is 0 Å². The van der Waals surface area contributed by atoms with Crippen LogP contribution in [0.15, 0.2) is 180 Å². The van der Waals surface area contributed by atoms with Crippen LogP contribution in [0.5, 0.6) is 0 Å². The van der Waals surface area contributed by atoms with E-state index in [-0.39, 0.29) is 0 Å². The van der Waals surface area contributed by atoms with Crippen LogP contribution in [0.25, 0.3) is 66.7 Å². The Morgan fingerprint density at radius 1 is 0.490 bits per heavy atom. The Morgan fingerprint density at radius 3 is 1.88 bits per heavy atom. The minimum absolute atomic E-state index is 0.359. The Labute approximate surface area is 284 Å². The molecule has 0 spiro atoms. The van der Waals surface area contributed by atoms with Crippen molar-refractivity contribution in [2.45, 2.75) is 0 Å². The van der Waals surface area contributed by atoms with Gasteiger partial charge in [-0.15, -0.1) is 0 Å². The molecule has 4 heteroatoms. The molecule has 0 amide bonds. The maximum atomic E-state index is 8.68. The lowest BCUT2D eigenvalue weighted by molar-refractivity contribution is 0.620. The Bertz CT molecular complexity index is 2510. The van der Waals surface area contributed by atoms with Crippen LogP contribution >= 0.6 is 0 Å². The molecule has 1 heterocycles. The van der Waals surface area contributed by atoms with Crippen molar-refractivity contribution in [3.63, 3.8) is 0 Å². The molecule has 8 aromatic rings.